The van der Waals surface area contributed by atoms with Crippen LogP contribution in [0.1, 0.15) is 17.3 Å². The molecular formula is C19H22N2O6. The van der Waals surface area contributed by atoms with E-state index in [-0.39, 0.29) is 5.56 Å². The molecule has 0 saturated heterocycles. The Balaban J connectivity index is 2.07. The number of benzene rings is 2. The molecule has 0 spiro atoms. The second-order valence-corrected chi connectivity index (χ2v) is 5.56. The number of hydrogen-bond acceptors (Lipinski definition) is 7. The zero-order valence-corrected chi connectivity index (χ0v) is 15.6. The molecule has 2 rings (SSSR count). The van der Waals surface area contributed by atoms with Gasteiger partial charge < -0.3 is 30.0 Å². The molecule has 2 aromatic rings. The summed E-state index contributed by atoms with van der Waals surface area (Å²) in [6, 6.07) is 9.45. The zero-order valence-electron chi connectivity index (χ0n) is 15.6. The Morgan fingerprint density at radius 1 is 0.963 bits per heavy atom. The van der Waals surface area contributed by atoms with Gasteiger partial charge in [0.15, 0.2) is 6.10 Å². The first-order chi connectivity index (χ1) is 12.9. The molecular weight excluding hydrogens is 352 g/mol. The topological polar surface area (TPSA) is 109 Å². The van der Waals surface area contributed by atoms with Crippen molar-refractivity contribution in [2.24, 2.45) is 0 Å². The minimum absolute atomic E-state index is 0.215. The number of anilines is 2. The number of rotatable bonds is 7. The summed E-state index contributed by atoms with van der Waals surface area (Å²) in [7, 11) is 4.47. The average molecular weight is 374 g/mol. The van der Waals surface area contributed by atoms with E-state index in [1.807, 2.05) is 0 Å². The van der Waals surface area contributed by atoms with Gasteiger partial charge in [-0.05, 0) is 37.3 Å². The number of nitrogens with one attached hydrogen (secondary N) is 1. The van der Waals surface area contributed by atoms with Crippen LogP contribution >= 0.6 is 0 Å². The third-order valence-corrected chi connectivity index (χ3v) is 3.78. The number of carbonyl (C=O) groups excluding carboxylic acids is 2. The Morgan fingerprint density at radius 3 is 2.22 bits per heavy atom. The van der Waals surface area contributed by atoms with Gasteiger partial charge in [-0.2, -0.15) is 0 Å². The maximum Gasteiger partial charge on any atom is 0.338 e. The second-order valence-electron chi connectivity index (χ2n) is 5.56. The fraction of sp³-hybridized carbons (Fsp3) is 0.263. The van der Waals surface area contributed by atoms with Crippen molar-refractivity contribution < 1.29 is 28.5 Å². The van der Waals surface area contributed by atoms with Crippen molar-refractivity contribution in [2.75, 3.05) is 32.4 Å². The van der Waals surface area contributed by atoms with Crippen LogP contribution in [0.25, 0.3) is 0 Å². The lowest BCUT2D eigenvalue weighted by Crippen LogP contribution is -2.30. The molecule has 8 heteroatoms. The van der Waals surface area contributed by atoms with E-state index in [4.69, 9.17) is 24.7 Å². The van der Waals surface area contributed by atoms with Gasteiger partial charge in [0.2, 0.25) is 0 Å². The van der Waals surface area contributed by atoms with Gasteiger partial charge in [0, 0.05) is 6.07 Å². The van der Waals surface area contributed by atoms with E-state index in [0.29, 0.717) is 28.6 Å². The fourth-order valence-corrected chi connectivity index (χ4v) is 2.29. The van der Waals surface area contributed by atoms with Gasteiger partial charge in [-0.3, -0.25) is 4.79 Å². The Morgan fingerprint density at radius 2 is 1.63 bits per heavy atom. The molecule has 1 atom stereocenters. The van der Waals surface area contributed by atoms with Gasteiger partial charge in [-0.15, -0.1) is 0 Å². The molecule has 0 unspecified atom stereocenters. The number of esters is 1. The first-order valence-corrected chi connectivity index (χ1v) is 8.07. The van der Waals surface area contributed by atoms with Crippen molar-refractivity contribution in [3.63, 3.8) is 0 Å². The summed E-state index contributed by atoms with van der Waals surface area (Å²) < 4.78 is 20.6. The van der Waals surface area contributed by atoms with Crippen LogP contribution in [0, 0.1) is 0 Å². The summed E-state index contributed by atoms with van der Waals surface area (Å²) in [4.78, 5) is 24.6. The molecule has 0 aliphatic heterocycles. The van der Waals surface area contributed by atoms with Crippen LogP contribution in [0.2, 0.25) is 0 Å². The minimum Gasteiger partial charge on any atom is -0.497 e. The van der Waals surface area contributed by atoms with Crippen molar-refractivity contribution in [1.82, 2.24) is 0 Å². The Kier molecular flexibility index (Phi) is 6.48. The molecule has 3 N–H and O–H groups in total. The van der Waals surface area contributed by atoms with Crippen molar-refractivity contribution in [3.05, 3.63) is 42.0 Å². The third kappa shape index (κ3) is 4.81. The molecule has 1 amide bonds. The van der Waals surface area contributed by atoms with Crippen molar-refractivity contribution in [2.45, 2.75) is 13.0 Å². The number of nitrogen functional groups attached to an aromatic ring is 1. The van der Waals surface area contributed by atoms with Crippen LogP contribution in [0.4, 0.5) is 11.4 Å². The summed E-state index contributed by atoms with van der Waals surface area (Å²) in [6.45, 7) is 1.47. The first-order valence-electron chi connectivity index (χ1n) is 8.07. The Labute approximate surface area is 157 Å². The van der Waals surface area contributed by atoms with Crippen LogP contribution < -0.4 is 25.3 Å². The van der Waals surface area contributed by atoms with Crippen LogP contribution in [0.3, 0.4) is 0 Å². The Hall–Kier alpha value is -3.42. The molecule has 0 aliphatic rings. The number of methoxy groups -OCH3 is 3. The maximum absolute atomic E-state index is 12.4. The largest absolute Gasteiger partial charge is 0.497 e. The zero-order chi connectivity index (χ0) is 20.0. The molecule has 0 bridgehead atoms. The van der Waals surface area contributed by atoms with Crippen molar-refractivity contribution in [3.8, 4) is 17.2 Å². The molecule has 0 heterocycles. The molecule has 0 saturated carbocycles. The maximum atomic E-state index is 12.4. The highest BCUT2D eigenvalue weighted by Gasteiger charge is 2.21. The lowest BCUT2D eigenvalue weighted by molar-refractivity contribution is -0.123. The molecule has 0 aliphatic carbocycles. The SMILES string of the molecule is COc1ccc(OC)c(NC(=O)[C@H](C)OC(=O)c2ccc(OC)c(N)c2)c1. The van der Waals surface area contributed by atoms with E-state index in [0.717, 1.165) is 0 Å². The number of nitrogens with two attached hydrogens (primary N) is 1. The highest BCUT2D eigenvalue weighted by molar-refractivity contribution is 5.98. The van der Waals surface area contributed by atoms with Crippen LogP contribution in [-0.4, -0.2) is 39.3 Å². The summed E-state index contributed by atoms with van der Waals surface area (Å²) in [5.74, 6) is 0.249. The smallest absolute Gasteiger partial charge is 0.338 e. The van der Waals surface area contributed by atoms with Gasteiger partial charge in [0.25, 0.3) is 5.91 Å². The number of ether oxygens (including phenoxy) is 4. The van der Waals surface area contributed by atoms with E-state index in [2.05, 4.69) is 5.32 Å². The predicted molar refractivity (Wildman–Crippen MR) is 100 cm³/mol. The number of hydrogen-bond donors (Lipinski definition) is 2. The average Bonchev–Trinajstić information content (AvgIpc) is 2.67. The molecule has 8 nitrogen and oxygen atoms in total. The normalized spacial score (nSPS) is 11.3. The third-order valence-electron chi connectivity index (χ3n) is 3.78. The molecule has 144 valence electrons. The van der Waals surface area contributed by atoms with E-state index in [1.54, 1.807) is 24.3 Å². The monoisotopic (exact) mass is 374 g/mol. The number of carbonyl (C=O) groups is 2. The predicted octanol–water partition coefficient (Wildman–Crippen LogP) is 2.48. The van der Waals surface area contributed by atoms with Gasteiger partial charge in [-0.1, -0.05) is 0 Å². The Bertz CT molecular complexity index is 837. The highest BCUT2D eigenvalue weighted by Crippen LogP contribution is 2.29. The fourth-order valence-electron chi connectivity index (χ4n) is 2.29. The summed E-state index contributed by atoms with van der Waals surface area (Å²) >= 11 is 0. The molecule has 27 heavy (non-hydrogen) atoms. The minimum atomic E-state index is -1.04. The van der Waals surface area contributed by atoms with Crippen molar-refractivity contribution >= 4 is 23.3 Å². The van der Waals surface area contributed by atoms with Gasteiger partial charge in [0.1, 0.15) is 17.2 Å². The number of amides is 1. The highest BCUT2D eigenvalue weighted by atomic mass is 16.5. The van der Waals surface area contributed by atoms with E-state index in [9.17, 15) is 9.59 Å². The van der Waals surface area contributed by atoms with Crippen LogP contribution in [0.5, 0.6) is 17.2 Å². The molecule has 0 fully saturated rings. The van der Waals surface area contributed by atoms with Gasteiger partial charge in [0.05, 0.1) is 38.3 Å². The van der Waals surface area contributed by atoms with Gasteiger partial charge >= 0.3 is 5.97 Å². The van der Waals surface area contributed by atoms with Gasteiger partial charge in [-0.25, -0.2) is 4.79 Å². The summed E-state index contributed by atoms with van der Waals surface area (Å²) in [6.07, 6.45) is -1.04. The van der Waals surface area contributed by atoms with E-state index < -0.39 is 18.0 Å². The molecule has 0 aromatic heterocycles. The van der Waals surface area contributed by atoms with Crippen molar-refractivity contribution in [1.29, 1.82) is 0 Å². The lowest BCUT2D eigenvalue weighted by Gasteiger charge is -2.16. The summed E-state index contributed by atoms with van der Waals surface area (Å²) in [5.41, 5.74) is 6.70. The lowest BCUT2D eigenvalue weighted by atomic mass is 10.2. The molecule has 2 aromatic carbocycles. The quantitative estimate of drug-likeness (QED) is 0.566. The first kappa shape index (κ1) is 19.9. The van der Waals surface area contributed by atoms with Crippen LogP contribution in [-0.2, 0) is 9.53 Å². The van der Waals surface area contributed by atoms with E-state index >= 15 is 0 Å². The molecule has 0 radical (unpaired) electrons. The second kappa shape index (κ2) is 8.79. The van der Waals surface area contributed by atoms with Crippen LogP contribution in [0.15, 0.2) is 36.4 Å². The van der Waals surface area contributed by atoms with E-state index in [1.165, 1.54) is 40.4 Å². The standard InChI is InChI=1S/C19H22N2O6/c1-11(27-19(23)12-5-7-16(25-3)14(20)9-12)18(22)21-15-10-13(24-2)6-8-17(15)26-4/h5-11H,20H2,1-4H3,(H,21,22)/t11-/m0/s1. The summed E-state index contributed by atoms with van der Waals surface area (Å²) in [5, 5.41) is 2.66.